The quantitative estimate of drug-likeness (QED) is 0.574. The zero-order valence-corrected chi connectivity index (χ0v) is 14.3. The van der Waals surface area contributed by atoms with Crippen molar-refractivity contribution < 1.29 is 19.7 Å². The summed E-state index contributed by atoms with van der Waals surface area (Å²) in [5.74, 6) is -0.841. The molecule has 4 heteroatoms. The van der Waals surface area contributed by atoms with E-state index in [2.05, 4.69) is 6.92 Å². The van der Waals surface area contributed by atoms with Crippen LogP contribution >= 0.6 is 0 Å². The number of aromatic hydroxyl groups is 1. The van der Waals surface area contributed by atoms with Crippen molar-refractivity contribution in [1.82, 2.24) is 0 Å². The number of unbranched alkanes of at least 4 members (excludes halogenated alkanes) is 6. The van der Waals surface area contributed by atoms with Crippen LogP contribution in [0.4, 0.5) is 0 Å². The topological polar surface area (TPSA) is 66.8 Å². The molecule has 0 heterocycles. The third-order valence-electron chi connectivity index (χ3n) is 4.21. The van der Waals surface area contributed by atoms with Crippen molar-refractivity contribution >= 4 is 16.7 Å². The van der Waals surface area contributed by atoms with E-state index in [1.165, 1.54) is 38.2 Å². The number of carbonyl (C=O) groups is 1. The molecule has 0 radical (unpaired) electrons. The SMILES string of the molecule is CCCCCCCCCOc1cc(C(=O)O)c(O)c2ccccc12. The molecule has 0 aliphatic rings. The van der Waals surface area contributed by atoms with Gasteiger partial charge in [-0.25, -0.2) is 4.79 Å². The summed E-state index contributed by atoms with van der Waals surface area (Å²) in [5, 5.41) is 20.6. The molecular formula is C20H26O4. The Labute approximate surface area is 143 Å². The highest BCUT2D eigenvalue weighted by Gasteiger charge is 2.16. The van der Waals surface area contributed by atoms with E-state index in [-0.39, 0.29) is 11.3 Å². The number of hydrogen-bond donors (Lipinski definition) is 2. The van der Waals surface area contributed by atoms with Gasteiger partial charge in [0.2, 0.25) is 0 Å². The van der Waals surface area contributed by atoms with Crippen LogP contribution in [0.1, 0.15) is 62.2 Å². The molecule has 0 bridgehead atoms. The molecule has 2 rings (SSSR count). The number of benzene rings is 2. The normalized spacial score (nSPS) is 10.9. The molecule has 0 saturated carbocycles. The Morgan fingerprint density at radius 3 is 2.29 bits per heavy atom. The molecule has 4 nitrogen and oxygen atoms in total. The molecule has 0 atom stereocenters. The summed E-state index contributed by atoms with van der Waals surface area (Å²) in [7, 11) is 0. The van der Waals surface area contributed by atoms with Crippen molar-refractivity contribution in [1.29, 1.82) is 0 Å². The lowest BCUT2D eigenvalue weighted by Crippen LogP contribution is -2.02. The Morgan fingerprint density at radius 1 is 1.00 bits per heavy atom. The fraction of sp³-hybridized carbons (Fsp3) is 0.450. The van der Waals surface area contributed by atoms with Gasteiger partial charge in [-0.1, -0.05) is 69.7 Å². The first-order valence-electron chi connectivity index (χ1n) is 8.76. The van der Waals surface area contributed by atoms with Crippen molar-refractivity contribution in [2.75, 3.05) is 6.61 Å². The van der Waals surface area contributed by atoms with Crippen molar-refractivity contribution in [3.63, 3.8) is 0 Å². The molecule has 24 heavy (non-hydrogen) atoms. The number of fused-ring (bicyclic) bond motifs is 1. The standard InChI is InChI=1S/C20H26O4/c1-2-3-4-5-6-7-10-13-24-18-14-17(20(22)23)19(21)16-12-9-8-11-15(16)18/h8-9,11-12,14,21H,2-7,10,13H2,1H3,(H,22,23). The van der Waals surface area contributed by atoms with Crippen molar-refractivity contribution in [2.45, 2.75) is 51.9 Å². The van der Waals surface area contributed by atoms with Crippen molar-refractivity contribution in [3.05, 3.63) is 35.9 Å². The monoisotopic (exact) mass is 330 g/mol. The second kappa shape index (κ2) is 9.16. The number of ether oxygens (including phenoxy) is 1. The van der Waals surface area contributed by atoms with Gasteiger partial charge in [-0.2, -0.15) is 0 Å². The van der Waals surface area contributed by atoms with Gasteiger partial charge in [0.25, 0.3) is 0 Å². The zero-order chi connectivity index (χ0) is 17.4. The van der Waals surface area contributed by atoms with Gasteiger partial charge in [-0.3, -0.25) is 0 Å². The number of rotatable bonds is 10. The van der Waals surface area contributed by atoms with Gasteiger partial charge in [0.05, 0.1) is 6.61 Å². The highest BCUT2D eigenvalue weighted by Crippen LogP contribution is 2.36. The molecule has 0 saturated heterocycles. The van der Waals surface area contributed by atoms with E-state index in [4.69, 9.17) is 4.74 Å². The highest BCUT2D eigenvalue weighted by atomic mass is 16.5. The van der Waals surface area contributed by atoms with Gasteiger partial charge in [0.15, 0.2) is 0 Å². The minimum Gasteiger partial charge on any atom is -0.506 e. The van der Waals surface area contributed by atoms with E-state index in [0.29, 0.717) is 17.7 Å². The average Bonchev–Trinajstić information content (AvgIpc) is 2.59. The van der Waals surface area contributed by atoms with Gasteiger partial charge >= 0.3 is 5.97 Å². The fourth-order valence-electron chi connectivity index (χ4n) is 2.85. The number of carboxylic acid groups (broad SMARTS) is 1. The second-order valence-electron chi connectivity index (χ2n) is 6.09. The average molecular weight is 330 g/mol. The van der Waals surface area contributed by atoms with Crippen molar-refractivity contribution in [2.24, 2.45) is 0 Å². The zero-order valence-electron chi connectivity index (χ0n) is 14.3. The lowest BCUT2D eigenvalue weighted by molar-refractivity contribution is 0.0693. The molecule has 0 aromatic heterocycles. The third kappa shape index (κ3) is 4.63. The first-order valence-corrected chi connectivity index (χ1v) is 8.76. The molecule has 2 aromatic carbocycles. The van der Waals surface area contributed by atoms with E-state index < -0.39 is 5.97 Å². The van der Waals surface area contributed by atoms with E-state index >= 15 is 0 Å². The predicted octanol–water partition coefficient (Wildman–Crippen LogP) is 5.37. The van der Waals surface area contributed by atoms with Crippen LogP contribution in [0, 0.1) is 0 Å². The molecule has 0 spiro atoms. The Hall–Kier alpha value is -2.23. The number of hydrogen-bond acceptors (Lipinski definition) is 3. The molecule has 0 amide bonds. The molecule has 2 N–H and O–H groups in total. The summed E-state index contributed by atoms with van der Waals surface area (Å²) in [6.45, 7) is 2.77. The Morgan fingerprint density at radius 2 is 1.62 bits per heavy atom. The molecule has 0 unspecified atom stereocenters. The summed E-state index contributed by atoms with van der Waals surface area (Å²) in [6.07, 6.45) is 8.38. The maximum Gasteiger partial charge on any atom is 0.339 e. The molecular weight excluding hydrogens is 304 g/mol. The largest absolute Gasteiger partial charge is 0.506 e. The Balaban J connectivity index is 1.98. The van der Waals surface area contributed by atoms with Crippen LogP contribution in [-0.4, -0.2) is 22.8 Å². The van der Waals surface area contributed by atoms with Crippen LogP contribution in [0.5, 0.6) is 11.5 Å². The molecule has 0 aliphatic heterocycles. The first kappa shape index (κ1) is 18.1. The second-order valence-corrected chi connectivity index (χ2v) is 6.09. The summed E-state index contributed by atoms with van der Waals surface area (Å²) in [5.41, 5.74) is -0.122. The lowest BCUT2D eigenvalue weighted by Gasteiger charge is -2.12. The van der Waals surface area contributed by atoms with Gasteiger partial charge < -0.3 is 14.9 Å². The Bertz CT molecular complexity index is 679. The van der Waals surface area contributed by atoms with Crippen LogP contribution in [-0.2, 0) is 0 Å². The van der Waals surface area contributed by atoms with Gasteiger partial charge in [-0.05, 0) is 12.5 Å². The lowest BCUT2D eigenvalue weighted by atomic mass is 10.0. The Kier molecular flexibility index (Phi) is 6.91. The molecule has 0 aliphatic carbocycles. The van der Waals surface area contributed by atoms with Crippen molar-refractivity contribution in [3.8, 4) is 11.5 Å². The number of phenols is 1. The van der Waals surface area contributed by atoms with Gasteiger partial charge in [0.1, 0.15) is 17.1 Å². The number of carboxylic acids is 1. The van der Waals surface area contributed by atoms with Gasteiger partial charge in [0, 0.05) is 10.8 Å². The van der Waals surface area contributed by atoms with E-state index in [0.717, 1.165) is 18.2 Å². The minimum absolute atomic E-state index is 0.122. The summed E-state index contributed by atoms with van der Waals surface area (Å²) < 4.78 is 5.82. The van der Waals surface area contributed by atoms with E-state index in [1.807, 2.05) is 12.1 Å². The first-order chi connectivity index (χ1) is 11.6. The maximum absolute atomic E-state index is 11.3. The summed E-state index contributed by atoms with van der Waals surface area (Å²) in [4.78, 5) is 11.3. The van der Waals surface area contributed by atoms with Crippen LogP contribution in [0.2, 0.25) is 0 Å². The van der Waals surface area contributed by atoms with E-state index in [9.17, 15) is 15.0 Å². The van der Waals surface area contributed by atoms with Crippen LogP contribution < -0.4 is 4.74 Å². The van der Waals surface area contributed by atoms with Crippen LogP contribution in [0.15, 0.2) is 30.3 Å². The fourth-order valence-corrected chi connectivity index (χ4v) is 2.85. The van der Waals surface area contributed by atoms with Gasteiger partial charge in [-0.15, -0.1) is 0 Å². The number of aromatic carboxylic acids is 1. The van der Waals surface area contributed by atoms with Crippen LogP contribution in [0.25, 0.3) is 10.8 Å². The van der Waals surface area contributed by atoms with E-state index in [1.54, 1.807) is 12.1 Å². The highest BCUT2D eigenvalue weighted by molar-refractivity contribution is 6.03. The van der Waals surface area contributed by atoms with Crippen LogP contribution in [0.3, 0.4) is 0 Å². The predicted molar refractivity (Wildman–Crippen MR) is 96.1 cm³/mol. The maximum atomic E-state index is 11.3. The summed E-state index contributed by atoms with van der Waals surface area (Å²) in [6, 6.07) is 8.58. The third-order valence-corrected chi connectivity index (χ3v) is 4.21. The minimum atomic E-state index is -1.15. The smallest absolute Gasteiger partial charge is 0.339 e. The molecule has 0 fully saturated rings. The molecule has 130 valence electrons. The molecule has 2 aromatic rings. The summed E-state index contributed by atoms with van der Waals surface area (Å²) >= 11 is 0.